The first-order valence-electron chi connectivity index (χ1n) is 6.53. The van der Waals surface area contributed by atoms with Crippen LogP contribution in [-0.2, 0) is 0 Å². The van der Waals surface area contributed by atoms with Gasteiger partial charge in [0.05, 0.1) is 11.3 Å². The Hall–Kier alpha value is -2.95. The molecule has 1 amide bonds. The van der Waals surface area contributed by atoms with E-state index in [0.29, 0.717) is 11.5 Å². The first-order chi connectivity index (χ1) is 10.6. The van der Waals surface area contributed by atoms with Crippen LogP contribution in [0.3, 0.4) is 0 Å². The summed E-state index contributed by atoms with van der Waals surface area (Å²) in [7, 11) is 0. The highest BCUT2D eigenvalue weighted by molar-refractivity contribution is 6.09. The molecule has 0 atom stereocenters. The number of fused-ring (bicyclic) bond motifs is 1. The number of rotatable bonds is 2. The Morgan fingerprint density at radius 2 is 1.77 bits per heavy atom. The summed E-state index contributed by atoms with van der Waals surface area (Å²) in [5.74, 6) is -2.47. The number of benzene rings is 3. The quantitative estimate of drug-likeness (QED) is 0.749. The molecule has 0 saturated carbocycles. The number of carbonyl (C=O) groups excluding carboxylic acids is 1. The fraction of sp³-hybridized carbons (Fsp3) is 0. The molecule has 0 bridgehead atoms. The number of aromatic hydroxyl groups is 1. The van der Waals surface area contributed by atoms with E-state index in [4.69, 9.17) is 0 Å². The number of carbonyl (C=O) groups is 1. The number of phenolic OH excluding ortho intramolecular Hbond substituents is 1. The van der Waals surface area contributed by atoms with Crippen LogP contribution in [0, 0.1) is 11.6 Å². The minimum atomic E-state index is -0.881. The van der Waals surface area contributed by atoms with Gasteiger partial charge in [0.2, 0.25) is 0 Å². The third-order valence-corrected chi connectivity index (χ3v) is 3.32. The number of phenols is 1. The lowest BCUT2D eigenvalue weighted by molar-refractivity contribution is 0.102. The maximum Gasteiger partial charge on any atom is 0.259 e. The summed E-state index contributed by atoms with van der Waals surface area (Å²) in [6, 6.07) is 13.0. The van der Waals surface area contributed by atoms with Crippen LogP contribution in [0.5, 0.6) is 5.75 Å². The molecule has 5 heteroatoms. The zero-order valence-electron chi connectivity index (χ0n) is 11.3. The second kappa shape index (κ2) is 5.44. The van der Waals surface area contributed by atoms with E-state index in [1.165, 1.54) is 6.07 Å². The van der Waals surface area contributed by atoms with Gasteiger partial charge in [-0.15, -0.1) is 0 Å². The third-order valence-electron chi connectivity index (χ3n) is 3.32. The van der Waals surface area contributed by atoms with Crippen LogP contribution in [0.2, 0.25) is 0 Å². The van der Waals surface area contributed by atoms with E-state index in [0.717, 1.165) is 17.5 Å². The Balaban J connectivity index is 1.97. The highest BCUT2D eigenvalue weighted by atomic mass is 19.1. The molecule has 0 unspecified atom stereocenters. The van der Waals surface area contributed by atoms with E-state index in [1.54, 1.807) is 24.3 Å². The van der Waals surface area contributed by atoms with Crippen LogP contribution in [0.1, 0.15) is 10.4 Å². The molecule has 0 aliphatic rings. The third kappa shape index (κ3) is 2.48. The van der Waals surface area contributed by atoms with Crippen LogP contribution in [-0.4, -0.2) is 11.0 Å². The number of halogens is 2. The van der Waals surface area contributed by atoms with Gasteiger partial charge >= 0.3 is 0 Å². The Morgan fingerprint density at radius 3 is 2.55 bits per heavy atom. The van der Waals surface area contributed by atoms with E-state index in [2.05, 4.69) is 5.32 Å². The van der Waals surface area contributed by atoms with Crippen molar-refractivity contribution in [3.8, 4) is 5.75 Å². The predicted molar refractivity (Wildman–Crippen MR) is 79.9 cm³/mol. The standard InChI is InChI=1S/C17H11F2NO2/c18-11-6-8-15(14(19)9-11)20-17(22)13-7-5-10-3-1-2-4-12(10)16(13)21/h1-9,21H,(H,20,22). The lowest BCUT2D eigenvalue weighted by Crippen LogP contribution is -2.13. The summed E-state index contributed by atoms with van der Waals surface area (Å²) < 4.78 is 26.4. The number of nitrogens with one attached hydrogen (secondary N) is 1. The lowest BCUT2D eigenvalue weighted by atomic mass is 10.0. The van der Waals surface area contributed by atoms with Crippen molar-refractivity contribution >= 4 is 22.4 Å². The van der Waals surface area contributed by atoms with Gasteiger partial charge in [-0.3, -0.25) is 4.79 Å². The number of anilines is 1. The van der Waals surface area contributed by atoms with Gasteiger partial charge in [0.25, 0.3) is 5.91 Å². The average Bonchev–Trinajstić information content (AvgIpc) is 2.50. The maximum absolute atomic E-state index is 13.6. The topological polar surface area (TPSA) is 49.3 Å². The molecular weight excluding hydrogens is 288 g/mol. The van der Waals surface area contributed by atoms with Gasteiger partial charge in [0.1, 0.15) is 17.4 Å². The Labute approximate surface area is 124 Å². The van der Waals surface area contributed by atoms with Gasteiger partial charge in [-0.1, -0.05) is 30.3 Å². The Bertz CT molecular complexity index is 878. The molecule has 2 N–H and O–H groups in total. The molecule has 0 fully saturated rings. The second-order valence-electron chi connectivity index (χ2n) is 4.76. The highest BCUT2D eigenvalue weighted by Gasteiger charge is 2.15. The Morgan fingerprint density at radius 1 is 1.00 bits per heavy atom. The van der Waals surface area contributed by atoms with Gasteiger partial charge < -0.3 is 10.4 Å². The zero-order chi connectivity index (χ0) is 15.7. The van der Waals surface area contributed by atoms with Crippen molar-refractivity contribution in [2.75, 3.05) is 5.32 Å². The fourth-order valence-corrected chi connectivity index (χ4v) is 2.22. The van der Waals surface area contributed by atoms with Crippen LogP contribution in [0.4, 0.5) is 14.5 Å². The zero-order valence-corrected chi connectivity index (χ0v) is 11.3. The molecule has 3 aromatic rings. The van der Waals surface area contributed by atoms with Crippen molar-refractivity contribution in [1.29, 1.82) is 0 Å². The van der Waals surface area contributed by atoms with Gasteiger partial charge in [-0.25, -0.2) is 8.78 Å². The van der Waals surface area contributed by atoms with Crippen molar-refractivity contribution in [3.05, 3.63) is 71.8 Å². The van der Waals surface area contributed by atoms with Crippen LogP contribution in [0.25, 0.3) is 10.8 Å². The first kappa shape index (κ1) is 14.0. The monoisotopic (exact) mass is 299 g/mol. The highest BCUT2D eigenvalue weighted by Crippen LogP contribution is 2.29. The number of hydrogen-bond donors (Lipinski definition) is 2. The van der Waals surface area contributed by atoms with E-state index in [-0.39, 0.29) is 17.0 Å². The molecule has 3 aromatic carbocycles. The van der Waals surface area contributed by atoms with E-state index >= 15 is 0 Å². The van der Waals surface area contributed by atoms with Crippen molar-refractivity contribution in [1.82, 2.24) is 0 Å². The molecule has 3 nitrogen and oxygen atoms in total. The first-order valence-corrected chi connectivity index (χ1v) is 6.53. The van der Waals surface area contributed by atoms with Crippen LogP contribution >= 0.6 is 0 Å². The fourth-order valence-electron chi connectivity index (χ4n) is 2.22. The summed E-state index contributed by atoms with van der Waals surface area (Å²) >= 11 is 0. The normalized spacial score (nSPS) is 10.6. The summed E-state index contributed by atoms with van der Waals surface area (Å²) in [6.45, 7) is 0. The molecule has 3 rings (SSSR count). The molecule has 0 aliphatic carbocycles. The van der Waals surface area contributed by atoms with Gasteiger partial charge in [-0.2, -0.15) is 0 Å². The minimum Gasteiger partial charge on any atom is -0.506 e. The Kier molecular flexibility index (Phi) is 3.47. The smallest absolute Gasteiger partial charge is 0.259 e. The maximum atomic E-state index is 13.6. The van der Waals surface area contributed by atoms with Crippen LogP contribution < -0.4 is 5.32 Å². The molecule has 0 saturated heterocycles. The molecule has 0 spiro atoms. The lowest BCUT2D eigenvalue weighted by Gasteiger charge is -2.09. The summed E-state index contributed by atoms with van der Waals surface area (Å²) in [6.07, 6.45) is 0. The minimum absolute atomic E-state index is 0.0161. The van der Waals surface area contributed by atoms with Gasteiger partial charge in [-0.05, 0) is 23.6 Å². The molecule has 0 aromatic heterocycles. The van der Waals surface area contributed by atoms with E-state index < -0.39 is 17.5 Å². The van der Waals surface area contributed by atoms with Gasteiger partial charge in [0.15, 0.2) is 0 Å². The van der Waals surface area contributed by atoms with Gasteiger partial charge in [0, 0.05) is 11.5 Å². The second-order valence-corrected chi connectivity index (χ2v) is 4.76. The van der Waals surface area contributed by atoms with Crippen molar-refractivity contribution in [2.24, 2.45) is 0 Å². The SMILES string of the molecule is O=C(Nc1ccc(F)cc1F)c1ccc2ccccc2c1O. The summed E-state index contributed by atoms with van der Waals surface area (Å²) in [4.78, 5) is 12.2. The molecule has 0 aliphatic heterocycles. The summed E-state index contributed by atoms with van der Waals surface area (Å²) in [5, 5.41) is 13.8. The predicted octanol–water partition coefficient (Wildman–Crippen LogP) is 4.08. The molecule has 0 radical (unpaired) electrons. The molecule has 110 valence electrons. The van der Waals surface area contributed by atoms with Crippen molar-refractivity contribution < 1.29 is 18.7 Å². The van der Waals surface area contributed by atoms with E-state index in [1.807, 2.05) is 6.07 Å². The van der Waals surface area contributed by atoms with Crippen molar-refractivity contribution in [2.45, 2.75) is 0 Å². The van der Waals surface area contributed by atoms with E-state index in [9.17, 15) is 18.7 Å². The molecule has 0 heterocycles. The average molecular weight is 299 g/mol. The number of amides is 1. The van der Waals surface area contributed by atoms with Crippen LogP contribution in [0.15, 0.2) is 54.6 Å². The summed E-state index contributed by atoms with van der Waals surface area (Å²) in [5.41, 5.74) is -0.138. The molecule has 22 heavy (non-hydrogen) atoms. The van der Waals surface area contributed by atoms with Crippen molar-refractivity contribution in [3.63, 3.8) is 0 Å². The largest absolute Gasteiger partial charge is 0.506 e. The molecular formula is C17H11F2NO2. The number of hydrogen-bond acceptors (Lipinski definition) is 2.